The van der Waals surface area contributed by atoms with Crippen LogP contribution in [0.3, 0.4) is 0 Å². The van der Waals surface area contributed by atoms with E-state index >= 15 is 0 Å². The molecule has 0 aromatic carbocycles. The number of carbonyl (C=O) groups excluding carboxylic acids is 3. The van der Waals surface area contributed by atoms with Crippen LogP contribution < -0.4 is 16.4 Å². The molecule has 1 aliphatic rings. The second kappa shape index (κ2) is 24.5. The molecule has 27 nitrogen and oxygen atoms in total. The molecule has 8 atom stereocenters. The molecule has 1 saturated heterocycles. The molecule has 0 radical (unpaired) electrons. The van der Waals surface area contributed by atoms with Gasteiger partial charge in [-0.25, -0.2) is 33.4 Å². The first kappa shape index (κ1) is 54.6. The summed E-state index contributed by atoms with van der Waals surface area (Å²) in [4.78, 5) is 96.8. The number of nitrogen functional groups attached to an aromatic ring is 1. The van der Waals surface area contributed by atoms with E-state index < -0.39 is 96.6 Å². The monoisotopic (exact) mass is 965 g/mol. The minimum atomic E-state index is -5.56. The third-order valence-electron chi connectivity index (χ3n) is 7.96. The number of amides is 2. The Morgan fingerprint density at radius 3 is 2.32 bits per heavy atom. The Kier molecular flexibility index (Phi) is 21.6. The van der Waals surface area contributed by atoms with Crippen LogP contribution in [0.2, 0.25) is 0 Å². The van der Waals surface area contributed by atoms with Crippen LogP contribution in [0.25, 0.3) is 11.2 Å². The fourth-order valence-corrected chi connectivity index (χ4v) is 8.30. The molecule has 1 fully saturated rings. The van der Waals surface area contributed by atoms with Gasteiger partial charge in [-0.05, 0) is 6.92 Å². The van der Waals surface area contributed by atoms with E-state index in [0.29, 0.717) is 5.75 Å². The fraction of sp³-hybridized carbons (Fsp3) is 0.581. The van der Waals surface area contributed by atoms with Crippen molar-refractivity contribution in [3.63, 3.8) is 0 Å². The molecule has 3 heterocycles. The van der Waals surface area contributed by atoms with E-state index in [4.69, 9.17) is 29.7 Å². The lowest BCUT2D eigenvalue weighted by atomic mass is 9.87. The predicted octanol–water partition coefficient (Wildman–Crippen LogP) is -0.361. The number of ether oxygens (including phenoxy) is 1. The van der Waals surface area contributed by atoms with Crippen molar-refractivity contribution in [1.29, 1.82) is 0 Å². The fourth-order valence-electron chi connectivity index (χ4n) is 4.83. The number of thioether (sulfide) groups is 1. The van der Waals surface area contributed by atoms with Crippen molar-refractivity contribution < 1.29 is 95.5 Å². The molecule has 0 spiro atoms. The maximum atomic E-state index is 12.6. The van der Waals surface area contributed by atoms with Gasteiger partial charge in [0.1, 0.15) is 36.3 Å². The highest BCUT2D eigenvalue weighted by molar-refractivity contribution is 8.13. The van der Waals surface area contributed by atoms with Crippen LogP contribution in [0.1, 0.15) is 46.3 Å². The number of aliphatic carboxylic acids is 1. The van der Waals surface area contributed by atoms with Crippen molar-refractivity contribution in [1.82, 2.24) is 30.2 Å². The van der Waals surface area contributed by atoms with Crippen molar-refractivity contribution in [2.24, 2.45) is 5.41 Å². The molecule has 350 valence electrons. The lowest BCUT2D eigenvalue weighted by Crippen LogP contribution is -2.46. The van der Waals surface area contributed by atoms with Crippen molar-refractivity contribution in [2.45, 2.75) is 76.8 Å². The number of hydrogen-bond donors (Lipinski definition) is 11. The lowest BCUT2D eigenvalue weighted by molar-refractivity contribution is -0.146. The zero-order chi connectivity index (χ0) is 47.1. The van der Waals surface area contributed by atoms with Gasteiger partial charge in [0.2, 0.25) is 11.8 Å². The first-order valence-electron chi connectivity index (χ1n) is 17.9. The van der Waals surface area contributed by atoms with E-state index in [1.165, 1.54) is 19.9 Å². The molecule has 3 unspecified atom stereocenters. The van der Waals surface area contributed by atoms with Crippen LogP contribution >= 0.6 is 35.2 Å². The van der Waals surface area contributed by atoms with Crippen LogP contribution in [-0.4, -0.2) is 145 Å². The summed E-state index contributed by atoms with van der Waals surface area (Å²) in [7, 11) is -16.4. The Bertz CT molecular complexity index is 2040. The molecule has 0 bridgehead atoms. The maximum Gasteiger partial charge on any atom is 0.481 e. The Morgan fingerprint density at radius 1 is 1.06 bits per heavy atom. The van der Waals surface area contributed by atoms with E-state index in [0.717, 1.165) is 29.0 Å². The zero-order valence-corrected chi connectivity index (χ0v) is 36.8. The number of hydrogen-bond acceptors (Lipinski definition) is 20. The van der Waals surface area contributed by atoms with Crippen LogP contribution in [-0.2, 0) is 55.5 Å². The number of aliphatic hydroxyl groups excluding tert-OH is 3. The van der Waals surface area contributed by atoms with E-state index in [2.05, 4.69) is 41.0 Å². The number of carboxylic acid groups (broad SMARTS) is 1. The highest BCUT2D eigenvalue weighted by Crippen LogP contribution is 2.61. The molecule has 1 aliphatic heterocycles. The maximum absolute atomic E-state index is 12.6. The number of aromatic nitrogens is 4. The van der Waals surface area contributed by atoms with Gasteiger partial charge in [0, 0.05) is 43.5 Å². The van der Waals surface area contributed by atoms with Gasteiger partial charge in [0.15, 0.2) is 28.9 Å². The van der Waals surface area contributed by atoms with Gasteiger partial charge < -0.3 is 61.1 Å². The van der Waals surface area contributed by atoms with E-state index in [-0.39, 0.29) is 54.4 Å². The number of carboxylic acids is 1. The number of anilines is 1. The average Bonchev–Trinajstić information content (AvgIpc) is 3.74. The van der Waals surface area contributed by atoms with Gasteiger partial charge in [0.05, 0.1) is 19.5 Å². The predicted molar refractivity (Wildman–Crippen MR) is 215 cm³/mol. The van der Waals surface area contributed by atoms with E-state index in [1.54, 1.807) is 19.1 Å². The molecule has 0 saturated carbocycles. The zero-order valence-electron chi connectivity index (χ0n) is 33.3. The number of nitrogens with one attached hydrogen (secondary N) is 2. The van der Waals surface area contributed by atoms with Crippen LogP contribution in [0, 0.1) is 5.41 Å². The number of nitrogens with zero attached hydrogens (tertiary/aromatic N) is 4. The largest absolute Gasteiger partial charge is 0.481 e. The Hall–Kier alpha value is -3.53. The van der Waals surface area contributed by atoms with Crippen molar-refractivity contribution in [3.8, 4) is 0 Å². The Morgan fingerprint density at radius 2 is 1.73 bits per heavy atom. The van der Waals surface area contributed by atoms with Gasteiger partial charge in [-0.2, -0.15) is 4.31 Å². The molecule has 0 aliphatic carbocycles. The second-order valence-electron chi connectivity index (χ2n) is 13.4. The molecule has 2 aromatic heterocycles. The molecule has 3 rings (SSSR count). The standard InChI is InChI=1S/C26H42N7O17P3S.C5H8O3/c1-4-5-6-17(35)54-10-9-28-16(34)7-8-29-24(38)21(37)26(2,3)12-47-53(44,45)50-52(42,43)46-11-15-20(49-51(39,40)41)19(36)25(48-15)33-14-32-18-22(27)30-13-31-23(18)33;1-2-3-4(6)5(7)8/h4-5,13-15,19-21,25,36-37H,6-12H2,1-3H3,(H,28,34)(H,29,38)(H,42,43)(H,44,45)(H2,27,30,31)(H2,39,40,41);2,4,6H,1,3H2,(H,7,8)/t15-,19-,20-,21+,25-;/m1./s1. The highest BCUT2D eigenvalue weighted by atomic mass is 32.2. The number of rotatable bonds is 24. The topological polar surface area (TPSA) is 421 Å². The van der Waals surface area contributed by atoms with E-state index in [9.17, 15) is 62.7 Å². The van der Waals surface area contributed by atoms with Crippen molar-refractivity contribution in [3.05, 3.63) is 37.5 Å². The van der Waals surface area contributed by atoms with Gasteiger partial charge in [-0.1, -0.05) is 43.8 Å². The molecule has 62 heavy (non-hydrogen) atoms. The summed E-state index contributed by atoms with van der Waals surface area (Å²) >= 11 is 1.06. The lowest BCUT2D eigenvalue weighted by Gasteiger charge is -2.30. The number of phosphoric ester groups is 3. The summed E-state index contributed by atoms with van der Waals surface area (Å²) in [5.41, 5.74) is 4.26. The van der Waals surface area contributed by atoms with Gasteiger partial charge >= 0.3 is 29.4 Å². The quantitative estimate of drug-likeness (QED) is 0.0363. The summed E-state index contributed by atoms with van der Waals surface area (Å²) < 4.78 is 62.0. The van der Waals surface area contributed by atoms with Crippen LogP contribution in [0.15, 0.2) is 37.5 Å². The van der Waals surface area contributed by atoms with Crippen molar-refractivity contribution in [2.75, 3.05) is 37.8 Å². The third-order valence-corrected chi connectivity index (χ3v) is 12.0. The van der Waals surface area contributed by atoms with Gasteiger partial charge in [0.25, 0.3) is 0 Å². The Labute approximate surface area is 357 Å². The SMILES string of the molecule is C=CCC(O)C(=O)O.CC=CCC(=O)SCCNC(=O)CCNC(=O)[C@H](O)C(C)(C)COP(=O)(O)OP(=O)(O)OC[C@H]1O[C@@H](n2cnc3c(N)ncnc32)[C@H](O)[C@@H]1OP(=O)(O)O. The summed E-state index contributed by atoms with van der Waals surface area (Å²) in [6, 6.07) is 0. The number of allylic oxidation sites excluding steroid dienone is 2. The summed E-state index contributed by atoms with van der Waals surface area (Å²) in [6.45, 7) is 5.55. The van der Waals surface area contributed by atoms with E-state index in [1.807, 2.05) is 0 Å². The summed E-state index contributed by atoms with van der Waals surface area (Å²) in [5.74, 6) is -2.31. The Balaban J connectivity index is 0.00000150. The number of carbonyl (C=O) groups is 4. The summed E-state index contributed by atoms with van der Waals surface area (Å²) in [5, 5.41) is 42.7. The number of imidazole rings is 1. The van der Waals surface area contributed by atoms with Crippen LogP contribution in [0.4, 0.5) is 5.82 Å². The van der Waals surface area contributed by atoms with Crippen molar-refractivity contribution >= 4 is 75.1 Å². The highest BCUT2D eigenvalue weighted by Gasteiger charge is 2.50. The molecule has 31 heteroatoms. The molecule has 2 aromatic rings. The van der Waals surface area contributed by atoms with Gasteiger partial charge in [-0.3, -0.25) is 32.5 Å². The molecular formula is C31H50N7O20P3S. The number of nitrogens with two attached hydrogens (primary N) is 1. The van der Waals surface area contributed by atoms with Gasteiger partial charge in [-0.15, -0.1) is 6.58 Å². The normalized spacial score (nSPS) is 20.9. The smallest absolute Gasteiger partial charge is 0.479 e. The average molecular weight is 966 g/mol. The number of phosphoric acid groups is 3. The minimum absolute atomic E-state index is 0.0304. The molecule has 12 N–H and O–H groups in total. The molecular weight excluding hydrogens is 915 g/mol. The first-order chi connectivity index (χ1) is 28.7. The second-order valence-corrected chi connectivity index (χ2v) is 18.8. The summed E-state index contributed by atoms with van der Waals surface area (Å²) in [6.07, 6.45) is -2.99. The number of aliphatic hydroxyl groups is 3. The molecule has 2 amide bonds. The van der Waals surface area contributed by atoms with Crippen LogP contribution in [0.5, 0.6) is 0 Å². The number of fused-ring (bicyclic) bond motifs is 1. The first-order valence-corrected chi connectivity index (χ1v) is 23.4. The minimum Gasteiger partial charge on any atom is -0.479 e. The third kappa shape index (κ3) is 18.3.